The molecule has 0 aromatic carbocycles. The largest absolute Gasteiger partial charge is 0.465 e. The summed E-state index contributed by atoms with van der Waals surface area (Å²) in [5, 5.41) is 10.2. The number of amides is 1. The highest BCUT2D eigenvalue weighted by atomic mass is 16.4. The molecule has 0 rings (SSSR count). The lowest BCUT2D eigenvalue weighted by Gasteiger charge is -1.97. The Morgan fingerprint density at radius 2 is 2.38 bits per heavy atom. The summed E-state index contributed by atoms with van der Waals surface area (Å²) in [5.74, 6) is 0. The summed E-state index contributed by atoms with van der Waals surface area (Å²) in [7, 11) is 0. The van der Waals surface area contributed by atoms with E-state index in [1.54, 1.807) is 0 Å². The van der Waals surface area contributed by atoms with Gasteiger partial charge in [0.25, 0.3) is 0 Å². The Bertz CT molecular complexity index is 109. The van der Waals surface area contributed by atoms with Crippen LogP contribution >= 0.6 is 0 Å². The molecular weight excluding hydrogens is 106 g/mol. The second-order valence-electron chi connectivity index (χ2n) is 1.39. The Morgan fingerprint density at radius 1 is 1.88 bits per heavy atom. The Morgan fingerprint density at radius 3 is 2.50 bits per heavy atom. The molecule has 46 valence electrons. The van der Waals surface area contributed by atoms with Gasteiger partial charge in [-0.25, -0.2) is 4.79 Å². The summed E-state index contributed by atoms with van der Waals surface area (Å²) in [5.41, 5.74) is 0.525. The van der Waals surface area contributed by atoms with Crippen LogP contribution in [0.4, 0.5) is 4.79 Å². The highest BCUT2D eigenvalue weighted by Crippen LogP contribution is 1.87. The molecule has 0 saturated carbocycles. The lowest BCUT2D eigenvalue weighted by Crippen LogP contribution is -2.18. The third-order valence-electron chi connectivity index (χ3n) is 0.710. The maximum Gasteiger partial charge on any atom is 0.408 e. The quantitative estimate of drug-likeness (QED) is 0.567. The van der Waals surface area contributed by atoms with Gasteiger partial charge in [0.2, 0.25) is 0 Å². The van der Waals surface area contributed by atoms with E-state index >= 15 is 0 Å². The van der Waals surface area contributed by atoms with Gasteiger partial charge in [-0.2, -0.15) is 0 Å². The number of carboxylic acid groups (broad SMARTS) is 1. The van der Waals surface area contributed by atoms with Gasteiger partial charge < -0.3 is 5.11 Å². The lowest BCUT2D eigenvalue weighted by atomic mass is 10.4. The molecule has 0 fully saturated rings. The Kier molecular flexibility index (Phi) is 2.69. The van der Waals surface area contributed by atoms with Crippen molar-refractivity contribution in [2.45, 2.75) is 13.3 Å². The first-order valence-electron chi connectivity index (χ1n) is 2.34. The van der Waals surface area contributed by atoms with Crippen LogP contribution in [0.25, 0.3) is 0 Å². The van der Waals surface area contributed by atoms with Gasteiger partial charge in [-0.05, 0) is 6.42 Å². The van der Waals surface area contributed by atoms with Crippen LogP contribution in [-0.4, -0.2) is 11.2 Å². The van der Waals surface area contributed by atoms with Crippen molar-refractivity contribution in [2.75, 3.05) is 0 Å². The number of hydrogen-bond acceptors (Lipinski definition) is 1. The van der Waals surface area contributed by atoms with Crippen LogP contribution in [0.1, 0.15) is 13.3 Å². The summed E-state index contributed by atoms with van der Waals surface area (Å²) < 4.78 is 0. The molecule has 0 aliphatic rings. The fourth-order valence-corrected chi connectivity index (χ4v) is 0.240. The molecule has 8 heavy (non-hydrogen) atoms. The molecule has 0 radical (unpaired) electrons. The van der Waals surface area contributed by atoms with Gasteiger partial charge in [0.15, 0.2) is 0 Å². The fraction of sp³-hybridized carbons (Fsp3) is 0.400. The van der Waals surface area contributed by atoms with E-state index in [4.69, 9.17) is 5.11 Å². The predicted molar refractivity (Wildman–Crippen MR) is 30.6 cm³/mol. The van der Waals surface area contributed by atoms with E-state index in [1.165, 1.54) is 0 Å². The van der Waals surface area contributed by atoms with Crippen molar-refractivity contribution in [1.82, 2.24) is 5.32 Å². The van der Waals surface area contributed by atoms with Crippen LogP contribution in [0.15, 0.2) is 12.3 Å². The molecule has 3 nitrogen and oxygen atoms in total. The monoisotopic (exact) mass is 115 g/mol. The van der Waals surface area contributed by atoms with Crippen LogP contribution in [-0.2, 0) is 0 Å². The maximum atomic E-state index is 9.80. The SMILES string of the molecule is C=C(CC)NC(=O)O. The molecule has 0 aromatic heterocycles. The minimum absolute atomic E-state index is 0.525. The number of hydrogen-bond donors (Lipinski definition) is 2. The standard InChI is InChI=1S/C5H9NO2/c1-3-4(2)6-5(7)8/h6H,2-3H2,1H3,(H,7,8). The van der Waals surface area contributed by atoms with E-state index < -0.39 is 6.09 Å². The average molecular weight is 115 g/mol. The average Bonchev–Trinajstić information content (AvgIpc) is 1.65. The summed E-state index contributed by atoms with van der Waals surface area (Å²) in [6.07, 6.45) is -0.399. The molecule has 0 bridgehead atoms. The van der Waals surface area contributed by atoms with Crippen molar-refractivity contribution >= 4 is 6.09 Å². The first-order valence-corrected chi connectivity index (χ1v) is 2.34. The maximum absolute atomic E-state index is 9.80. The number of allylic oxidation sites excluding steroid dienone is 1. The zero-order valence-corrected chi connectivity index (χ0v) is 4.77. The van der Waals surface area contributed by atoms with Gasteiger partial charge in [-0.15, -0.1) is 0 Å². The first-order chi connectivity index (χ1) is 3.66. The van der Waals surface area contributed by atoms with Gasteiger partial charge in [-0.1, -0.05) is 13.5 Å². The first kappa shape index (κ1) is 7.01. The number of nitrogens with one attached hydrogen (secondary N) is 1. The van der Waals surface area contributed by atoms with E-state index in [2.05, 4.69) is 11.9 Å². The van der Waals surface area contributed by atoms with Crippen LogP contribution in [0.3, 0.4) is 0 Å². The van der Waals surface area contributed by atoms with Crippen molar-refractivity contribution in [2.24, 2.45) is 0 Å². The molecule has 2 N–H and O–H groups in total. The minimum Gasteiger partial charge on any atom is -0.465 e. The van der Waals surface area contributed by atoms with Crippen molar-refractivity contribution < 1.29 is 9.90 Å². The van der Waals surface area contributed by atoms with E-state index in [9.17, 15) is 4.79 Å². The Balaban J connectivity index is 3.40. The summed E-state index contributed by atoms with van der Waals surface area (Å²) in [4.78, 5) is 9.80. The zero-order chi connectivity index (χ0) is 6.57. The molecule has 3 heteroatoms. The molecule has 0 saturated heterocycles. The third kappa shape index (κ3) is 3.21. The predicted octanol–water partition coefficient (Wildman–Crippen LogP) is 1.18. The molecule has 0 unspecified atom stereocenters. The zero-order valence-electron chi connectivity index (χ0n) is 4.77. The minimum atomic E-state index is -1.04. The molecule has 0 atom stereocenters. The lowest BCUT2D eigenvalue weighted by molar-refractivity contribution is 0.197. The van der Waals surface area contributed by atoms with Crippen molar-refractivity contribution in [1.29, 1.82) is 0 Å². The summed E-state index contributed by atoms with van der Waals surface area (Å²) in [6.45, 7) is 5.25. The van der Waals surface area contributed by atoms with Gasteiger partial charge >= 0.3 is 6.09 Å². The number of rotatable bonds is 2. The van der Waals surface area contributed by atoms with Gasteiger partial charge in [0, 0.05) is 5.70 Å². The van der Waals surface area contributed by atoms with Crippen LogP contribution in [0.2, 0.25) is 0 Å². The molecule has 1 amide bonds. The van der Waals surface area contributed by atoms with Crippen LogP contribution < -0.4 is 5.32 Å². The fourth-order valence-electron chi connectivity index (χ4n) is 0.240. The highest BCUT2D eigenvalue weighted by molar-refractivity contribution is 5.66. The molecule has 0 aliphatic carbocycles. The second-order valence-corrected chi connectivity index (χ2v) is 1.39. The van der Waals surface area contributed by atoms with E-state index in [-0.39, 0.29) is 0 Å². The molecular formula is C5H9NO2. The highest BCUT2D eigenvalue weighted by Gasteiger charge is 1.92. The van der Waals surface area contributed by atoms with Crippen molar-refractivity contribution in [3.63, 3.8) is 0 Å². The third-order valence-corrected chi connectivity index (χ3v) is 0.710. The molecule has 0 aromatic rings. The molecule has 0 spiro atoms. The van der Waals surface area contributed by atoms with E-state index in [0.29, 0.717) is 12.1 Å². The van der Waals surface area contributed by atoms with Crippen molar-refractivity contribution in [3.05, 3.63) is 12.3 Å². The second kappa shape index (κ2) is 3.07. The van der Waals surface area contributed by atoms with Crippen LogP contribution in [0, 0.1) is 0 Å². The van der Waals surface area contributed by atoms with Crippen molar-refractivity contribution in [3.8, 4) is 0 Å². The molecule has 0 heterocycles. The van der Waals surface area contributed by atoms with Gasteiger partial charge in [-0.3, -0.25) is 5.32 Å². The smallest absolute Gasteiger partial charge is 0.408 e. The normalized spacial score (nSPS) is 8.12. The summed E-state index contributed by atoms with van der Waals surface area (Å²) >= 11 is 0. The topological polar surface area (TPSA) is 49.3 Å². The van der Waals surface area contributed by atoms with E-state index in [0.717, 1.165) is 0 Å². The van der Waals surface area contributed by atoms with Crippen LogP contribution in [0.5, 0.6) is 0 Å². The molecule has 0 aliphatic heterocycles. The number of carbonyl (C=O) groups is 1. The Hall–Kier alpha value is -0.990. The van der Waals surface area contributed by atoms with Gasteiger partial charge in [0.1, 0.15) is 0 Å². The van der Waals surface area contributed by atoms with Gasteiger partial charge in [0.05, 0.1) is 0 Å². The van der Waals surface area contributed by atoms with E-state index in [1.807, 2.05) is 6.92 Å². The Labute approximate surface area is 48.0 Å². The summed E-state index contributed by atoms with van der Waals surface area (Å²) in [6, 6.07) is 0.